The van der Waals surface area contributed by atoms with Gasteiger partial charge < -0.3 is 4.57 Å². The van der Waals surface area contributed by atoms with E-state index in [1.165, 1.54) is 0 Å². The van der Waals surface area contributed by atoms with E-state index in [2.05, 4.69) is 4.98 Å². The molecule has 21 heavy (non-hydrogen) atoms. The molecule has 1 aromatic carbocycles. The van der Waals surface area contributed by atoms with Crippen molar-refractivity contribution >= 4 is 34.2 Å². The van der Waals surface area contributed by atoms with Crippen molar-refractivity contribution in [3.63, 3.8) is 0 Å². The van der Waals surface area contributed by atoms with Crippen LogP contribution in [0.25, 0.3) is 11.0 Å². The first-order valence-electron chi connectivity index (χ1n) is 5.82. The molecule has 0 spiro atoms. The molecule has 1 aromatic heterocycles. The van der Waals surface area contributed by atoms with E-state index in [0.29, 0.717) is 0 Å². The fourth-order valence-corrected chi connectivity index (χ4v) is 2.23. The molecule has 0 fully saturated rings. The maximum Gasteiger partial charge on any atom is 0.324 e. The molecule has 0 atom stereocenters. The van der Waals surface area contributed by atoms with Gasteiger partial charge in [-0.2, -0.15) is 8.78 Å². The minimum absolute atomic E-state index is 0.0553. The van der Waals surface area contributed by atoms with Gasteiger partial charge in [0.2, 0.25) is 0 Å². The van der Waals surface area contributed by atoms with E-state index in [0.717, 1.165) is 16.7 Å². The van der Waals surface area contributed by atoms with E-state index in [4.69, 9.17) is 23.2 Å². The van der Waals surface area contributed by atoms with Crippen LogP contribution in [0.15, 0.2) is 12.1 Å². The molecule has 9 heteroatoms. The van der Waals surface area contributed by atoms with E-state index < -0.39 is 24.7 Å². The fourth-order valence-electron chi connectivity index (χ4n) is 1.90. The van der Waals surface area contributed by atoms with Gasteiger partial charge in [0.1, 0.15) is 11.6 Å². The van der Waals surface area contributed by atoms with Crippen LogP contribution in [0.3, 0.4) is 0 Å². The topological polar surface area (TPSA) is 17.8 Å². The second kappa shape index (κ2) is 5.96. The van der Waals surface area contributed by atoms with Crippen LogP contribution in [-0.4, -0.2) is 27.8 Å². The number of hydrogen-bond acceptors (Lipinski definition) is 1. The lowest BCUT2D eigenvalue weighted by Gasteiger charge is -2.18. The number of nitrogens with zero attached hydrogens (tertiary/aromatic N) is 2. The summed E-state index contributed by atoms with van der Waals surface area (Å²) in [5, 5.41) is -0.304. The molecule has 0 radical (unpaired) electrons. The van der Waals surface area contributed by atoms with E-state index in [9.17, 15) is 22.0 Å². The molecule has 2 aromatic rings. The zero-order chi connectivity index (χ0) is 15.8. The van der Waals surface area contributed by atoms with Crippen LogP contribution >= 0.6 is 23.2 Å². The Morgan fingerprint density at radius 2 is 1.95 bits per heavy atom. The van der Waals surface area contributed by atoms with Gasteiger partial charge in [0.25, 0.3) is 0 Å². The highest BCUT2D eigenvalue weighted by atomic mass is 35.5. The maximum atomic E-state index is 13.4. The summed E-state index contributed by atoms with van der Waals surface area (Å²) in [4.78, 5) is 3.95. The van der Waals surface area contributed by atoms with Crippen molar-refractivity contribution in [2.75, 3.05) is 5.88 Å². The van der Waals surface area contributed by atoms with Gasteiger partial charge in [-0.25, -0.2) is 18.2 Å². The van der Waals surface area contributed by atoms with Crippen molar-refractivity contribution in [2.45, 2.75) is 25.3 Å². The Labute approximate surface area is 126 Å². The molecule has 0 saturated heterocycles. The molecule has 0 bridgehead atoms. The molecule has 0 aliphatic rings. The first-order valence-corrected chi connectivity index (χ1v) is 6.73. The van der Waals surface area contributed by atoms with E-state index >= 15 is 0 Å². The molecule has 0 unspecified atom stereocenters. The van der Waals surface area contributed by atoms with E-state index in [1.54, 1.807) is 0 Å². The predicted molar refractivity (Wildman–Crippen MR) is 70.1 cm³/mol. The highest BCUT2D eigenvalue weighted by Crippen LogP contribution is 2.30. The van der Waals surface area contributed by atoms with Gasteiger partial charge in [-0.05, 0) is 6.07 Å². The number of imidazole rings is 1. The van der Waals surface area contributed by atoms with Crippen molar-refractivity contribution in [3.8, 4) is 0 Å². The van der Waals surface area contributed by atoms with Crippen molar-refractivity contribution in [3.05, 3.63) is 28.8 Å². The summed E-state index contributed by atoms with van der Waals surface area (Å²) in [5.41, 5.74) is 0.115. The van der Waals surface area contributed by atoms with Gasteiger partial charge in [0.05, 0.1) is 22.6 Å². The van der Waals surface area contributed by atoms with Gasteiger partial charge >= 0.3 is 12.3 Å². The second-order valence-electron chi connectivity index (χ2n) is 4.37. The Balaban J connectivity index is 2.58. The van der Waals surface area contributed by atoms with Crippen molar-refractivity contribution in [2.24, 2.45) is 0 Å². The second-order valence-corrected chi connectivity index (χ2v) is 5.16. The van der Waals surface area contributed by atoms with Crippen LogP contribution < -0.4 is 0 Å². The number of rotatable bonds is 5. The fraction of sp³-hybridized carbons (Fsp3) is 0.417. The summed E-state index contributed by atoms with van der Waals surface area (Å²) in [6.07, 6.45) is -3.75. The average Bonchev–Trinajstić information content (AvgIpc) is 2.68. The molecule has 2 nitrogen and oxygen atoms in total. The van der Waals surface area contributed by atoms with Gasteiger partial charge in [-0.15, -0.1) is 11.6 Å². The van der Waals surface area contributed by atoms with Crippen LogP contribution in [-0.2, 0) is 13.0 Å². The van der Waals surface area contributed by atoms with E-state index in [-0.39, 0.29) is 34.2 Å². The number of halogens is 7. The molecule has 0 amide bonds. The zero-order valence-corrected chi connectivity index (χ0v) is 11.9. The third-order valence-electron chi connectivity index (χ3n) is 2.88. The molecule has 0 N–H and O–H groups in total. The number of hydrogen-bond donors (Lipinski definition) is 0. The summed E-state index contributed by atoms with van der Waals surface area (Å²) in [6.45, 7) is -1.28. The van der Waals surface area contributed by atoms with Crippen molar-refractivity contribution in [1.82, 2.24) is 9.55 Å². The number of benzene rings is 1. The largest absolute Gasteiger partial charge is 0.324 e. The van der Waals surface area contributed by atoms with Gasteiger partial charge in [0, 0.05) is 18.4 Å². The van der Waals surface area contributed by atoms with Gasteiger partial charge in [0.15, 0.2) is 0 Å². The van der Waals surface area contributed by atoms with Crippen molar-refractivity contribution < 1.29 is 22.0 Å². The molecular weight excluding hydrogens is 338 g/mol. The molecule has 116 valence electrons. The SMILES string of the molecule is Fc1cc2nc(CCCl)n(CC(F)(F)C(F)F)c2cc1Cl. The van der Waals surface area contributed by atoms with Gasteiger partial charge in [-0.3, -0.25) is 0 Å². The normalized spacial score (nSPS) is 12.6. The Morgan fingerprint density at radius 3 is 2.52 bits per heavy atom. The third kappa shape index (κ3) is 3.23. The molecule has 1 heterocycles. The minimum atomic E-state index is -4.24. The molecular formula is C12H9Cl2F5N2. The monoisotopic (exact) mass is 346 g/mol. The van der Waals surface area contributed by atoms with Crippen LogP contribution in [0.4, 0.5) is 22.0 Å². The average molecular weight is 347 g/mol. The van der Waals surface area contributed by atoms with Crippen LogP contribution in [0, 0.1) is 5.82 Å². The molecule has 0 aliphatic heterocycles. The predicted octanol–water partition coefficient (Wildman–Crippen LogP) is 4.51. The Kier molecular flexibility index (Phi) is 4.63. The first kappa shape index (κ1) is 16.3. The van der Waals surface area contributed by atoms with E-state index in [1.807, 2.05) is 0 Å². The highest BCUT2D eigenvalue weighted by molar-refractivity contribution is 6.31. The first-order chi connectivity index (χ1) is 9.76. The quantitative estimate of drug-likeness (QED) is 0.575. The molecule has 0 aliphatic carbocycles. The summed E-state index contributed by atoms with van der Waals surface area (Å²) in [6, 6.07) is 2.05. The summed E-state index contributed by atoms with van der Waals surface area (Å²) >= 11 is 11.1. The minimum Gasteiger partial charge on any atom is -0.322 e. The number of aromatic nitrogens is 2. The third-order valence-corrected chi connectivity index (χ3v) is 3.35. The summed E-state index contributed by atoms with van der Waals surface area (Å²) in [5.74, 6) is -4.89. The lowest BCUT2D eigenvalue weighted by atomic mass is 10.3. The molecule has 2 rings (SSSR count). The van der Waals surface area contributed by atoms with Crippen LogP contribution in [0.2, 0.25) is 5.02 Å². The zero-order valence-electron chi connectivity index (χ0n) is 10.4. The number of alkyl halides is 5. The number of fused-ring (bicyclic) bond motifs is 1. The highest BCUT2D eigenvalue weighted by Gasteiger charge is 2.42. The smallest absolute Gasteiger partial charge is 0.322 e. The van der Waals surface area contributed by atoms with Crippen LogP contribution in [0.5, 0.6) is 0 Å². The Hall–Kier alpha value is -1.08. The maximum absolute atomic E-state index is 13.4. The summed E-state index contributed by atoms with van der Waals surface area (Å²) in [7, 11) is 0. The van der Waals surface area contributed by atoms with Gasteiger partial charge in [-0.1, -0.05) is 11.6 Å². The number of aryl methyl sites for hydroxylation is 1. The van der Waals surface area contributed by atoms with Crippen molar-refractivity contribution in [1.29, 1.82) is 0 Å². The summed E-state index contributed by atoms with van der Waals surface area (Å²) < 4.78 is 65.6. The Bertz CT molecular complexity index is 657. The van der Waals surface area contributed by atoms with Crippen LogP contribution in [0.1, 0.15) is 5.82 Å². The molecule has 0 saturated carbocycles. The Morgan fingerprint density at radius 1 is 1.29 bits per heavy atom. The standard InChI is InChI=1S/C12H9Cl2F5N2/c13-2-1-10-20-8-4-7(15)6(14)3-9(8)21(10)5-12(18,19)11(16)17/h3-4,11H,1-2,5H2. The lowest BCUT2D eigenvalue weighted by molar-refractivity contribution is -0.137. The lowest BCUT2D eigenvalue weighted by Crippen LogP contribution is -2.32.